The molecule has 1 saturated carbocycles. The number of hydrogen-bond acceptors (Lipinski definition) is 3. The van der Waals surface area contributed by atoms with Crippen LogP contribution in [-0.2, 0) is 4.79 Å². The fourth-order valence-corrected chi connectivity index (χ4v) is 4.05. The minimum absolute atomic E-state index is 0.0310. The summed E-state index contributed by atoms with van der Waals surface area (Å²) in [5.74, 6) is 0.579. The van der Waals surface area contributed by atoms with Crippen LogP contribution in [0.25, 0.3) is 0 Å². The first-order valence-electron chi connectivity index (χ1n) is 7.94. The predicted molar refractivity (Wildman–Crippen MR) is 73.7 cm³/mol. The van der Waals surface area contributed by atoms with Crippen LogP contribution in [0.5, 0.6) is 0 Å². The molecule has 0 radical (unpaired) electrons. The summed E-state index contributed by atoms with van der Waals surface area (Å²) in [7, 11) is 0. The Balaban J connectivity index is 1.62. The molecule has 19 heavy (non-hydrogen) atoms. The SMILES string of the molecule is O=C([C@@H]1CCCCN1)N1CCC2(O)CCCCC2C1. The fourth-order valence-electron chi connectivity index (χ4n) is 4.05. The van der Waals surface area contributed by atoms with E-state index in [1.165, 1.54) is 12.8 Å². The lowest BCUT2D eigenvalue weighted by Crippen LogP contribution is -2.58. The van der Waals surface area contributed by atoms with Crippen molar-refractivity contribution >= 4 is 5.91 Å². The van der Waals surface area contributed by atoms with E-state index in [-0.39, 0.29) is 11.9 Å². The molecule has 2 heterocycles. The first-order chi connectivity index (χ1) is 9.19. The molecule has 2 N–H and O–H groups in total. The van der Waals surface area contributed by atoms with E-state index in [0.717, 1.165) is 58.2 Å². The van der Waals surface area contributed by atoms with E-state index in [1.807, 2.05) is 4.90 Å². The molecule has 0 aromatic heterocycles. The molecule has 3 fully saturated rings. The zero-order chi connectivity index (χ0) is 13.3. The number of carbonyl (C=O) groups excluding carboxylic acids is 1. The second kappa shape index (κ2) is 5.41. The molecule has 0 aromatic carbocycles. The lowest BCUT2D eigenvalue weighted by Gasteiger charge is -2.48. The van der Waals surface area contributed by atoms with Gasteiger partial charge in [0.25, 0.3) is 0 Å². The van der Waals surface area contributed by atoms with Gasteiger partial charge in [-0.25, -0.2) is 0 Å². The number of amides is 1. The number of hydrogen-bond donors (Lipinski definition) is 2. The van der Waals surface area contributed by atoms with Crippen LogP contribution in [0, 0.1) is 5.92 Å². The zero-order valence-corrected chi connectivity index (χ0v) is 11.7. The smallest absolute Gasteiger partial charge is 0.239 e. The Morgan fingerprint density at radius 1 is 1.16 bits per heavy atom. The predicted octanol–water partition coefficient (Wildman–Crippen LogP) is 1.28. The van der Waals surface area contributed by atoms with Crippen molar-refractivity contribution in [2.45, 2.75) is 63.0 Å². The Labute approximate surface area is 115 Å². The average Bonchev–Trinajstić information content (AvgIpc) is 2.46. The van der Waals surface area contributed by atoms with E-state index >= 15 is 0 Å². The number of rotatable bonds is 1. The van der Waals surface area contributed by atoms with Crippen molar-refractivity contribution in [1.29, 1.82) is 0 Å². The van der Waals surface area contributed by atoms with Gasteiger partial charge >= 0.3 is 0 Å². The number of likely N-dealkylation sites (tertiary alicyclic amines) is 1. The van der Waals surface area contributed by atoms with Gasteiger partial charge < -0.3 is 15.3 Å². The van der Waals surface area contributed by atoms with Crippen molar-refractivity contribution in [3.63, 3.8) is 0 Å². The normalized spacial score (nSPS) is 39.7. The van der Waals surface area contributed by atoms with Gasteiger partial charge in [-0.15, -0.1) is 0 Å². The van der Waals surface area contributed by atoms with Gasteiger partial charge in [0, 0.05) is 19.0 Å². The van der Waals surface area contributed by atoms with Crippen LogP contribution in [0.4, 0.5) is 0 Å². The molecule has 108 valence electrons. The van der Waals surface area contributed by atoms with Gasteiger partial charge in [0.05, 0.1) is 11.6 Å². The van der Waals surface area contributed by atoms with Crippen LogP contribution in [0.2, 0.25) is 0 Å². The third kappa shape index (κ3) is 2.65. The minimum Gasteiger partial charge on any atom is -0.389 e. The number of nitrogens with zero attached hydrogens (tertiary/aromatic N) is 1. The standard InChI is InChI=1S/C15H26N2O2/c18-14(13-6-2-4-9-16-13)17-10-8-15(19)7-3-1-5-12(15)11-17/h12-13,16,19H,1-11H2/t12?,13-,15?/m0/s1. The molecule has 3 atom stereocenters. The van der Waals surface area contributed by atoms with Crippen molar-refractivity contribution in [2.24, 2.45) is 5.92 Å². The Kier molecular flexibility index (Phi) is 3.81. The van der Waals surface area contributed by atoms with Crippen LogP contribution < -0.4 is 5.32 Å². The maximum absolute atomic E-state index is 12.5. The minimum atomic E-state index is -0.477. The van der Waals surface area contributed by atoms with Gasteiger partial charge in [-0.2, -0.15) is 0 Å². The van der Waals surface area contributed by atoms with E-state index in [0.29, 0.717) is 5.92 Å². The maximum atomic E-state index is 12.5. The summed E-state index contributed by atoms with van der Waals surface area (Å²) in [6, 6.07) is 0.0310. The fraction of sp³-hybridized carbons (Fsp3) is 0.933. The summed E-state index contributed by atoms with van der Waals surface area (Å²) in [6.45, 7) is 2.48. The van der Waals surface area contributed by atoms with Gasteiger partial charge in [-0.1, -0.05) is 19.3 Å². The van der Waals surface area contributed by atoms with E-state index in [1.54, 1.807) is 0 Å². The van der Waals surface area contributed by atoms with E-state index in [4.69, 9.17) is 0 Å². The third-order valence-corrected chi connectivity index (χ3v) is 5.35. The molecular formula is C15H26N2O2. The second-order valence-electron chi connectivity index (χ2n) is 6.58. The number of aliphatic hydroxyl groups is 1. The summed E-state index contributed by atoms with van der Waals surface area (Å²) < 4.78 is 0. The molecule has 2 aliphatic heterocycles. The van der Waals surface area contributed by atoms with Crippen molar-refractivity contribution in [3.05, 3.63) is 0 Å². The Morgan fingerprint density at radius 3 is 2.79 bits per heavy atom. The number of carbonyl (C=O) groups is 1. The van der Waals surface area contributed by atoms with Gasteiger partial charge in [-0.3, -0.25) is 4.79 Å². The monoisotopic (exact) mass is 266 g/mol. The highest BCUT2D eigenvalue weighted by molar-refractivity contribution is 5.82. The first-order valence-corrected chi connectivity index (χ1v) is 7.94. The molecule has 1 amide bonds. The Bertz CT molecular complexity index is 341. The van der Waals surface area contributed by atoms with Crippen molar-refractivity contribution in [3.8, 4) is 0 Å². The molecule has 4 nitrogen and oxygen atoms in total. The molecule has 0 spiro atoms. The summed E-state index contributed by atoms with van der Waals surface area (Å²) in [5, 5.41) is 14.0. The summed E-state index contributed by atoms with van der Waals surface area (Å²) in [5.41, 5.74) is -0.477. The van der Waals surface area contributed by atoms with E-state index < -0.39 is 5.60 Å². The molecular weight excluding hydrogens is 240 g/mol. The quantitative estimate of drug-likeness (QED) is 0.752. The maximum Gasteiger partial charge on any atom is 0.239 e. The van der Waals surface area contributed by atoms with E-state index in [2.05, 4.69) is 5.32 Å². The molecule has 3 aliphatic rings. The third-order valence-electron chi connectivity index (χ3n) is 5.35. The zero-order valence-electron chi connectivity index (χ0n) is 11.7. The molecule has 3 rings (SSSR count). The second-order valence-corrected chi connectivity index (χ2v) is 6.58. The number of nitrogens with one attached hydrogen (secondary N) is 1. The van der Waals surface area contributed by atoms with Crippen LogP contribution >= 0.6 is 0 Å². The molecule has 0 bridgehead atoms. The Morgan fingerprint density at radius 2 is 2.00 bits per heavy atom. The van der Waals surface area contributed by atoms with E-state index in [9.17, 15) is 9.90 Å². The molecule has 1 aliphatic carbocycles. The van der Waals surface area contributed by atoms with Crippen molar-refractivity contribution in [1.82, 2.24) is 10.2 Å². The molecule has 2 unspecified atom stereocenters. The highest BCUT2D eigenvalue weighted by atomic mass is 16.3. The van der Waals surface area contributed by atoms with Crippen molar-refractivity contribution < 1.29 is 9.90 Å². The highest BCUT2D eigenvalue weighted by Gasteiger charge is 2.44. The topological polar surface area (TPSA) is 52.6 Å². The molecule has 0 aromatic rings. The average molecular weight is 266 g/mol. The van der Waals surface area contributed by atoms with Crippen LogP contribution in [0.3, 0.4) is 0 Å². The first kappa shape index (κ1) is 13.4. The summed E-state index contributed by atoms with van der Waals surface area (Å²) in [4.78, 5) is 14.5. The molecule has 4 heteroatoms. The van der Waals surface area contributed by atoms with Gasteiger partial charge in [0.1, 0.15) is 0 Å². The highest BCUT2D eigenvalue weighted by Crippen LogP contribution is 2.39. The van der Waals surface area contributed by atoms with Gasteiger partial charge in [0.15, 0.2) is 0 Å². The van der Waals surface area contributed by atoms with Gasteiger partial charge in [-0.05, 0) is 38.6 Å². The largest absolute Gasteiger partial charge is 0.389 e. The molecule has 2 saturated heterocycles. The lowest BCUT2D eigenvalue weighted by atomic mass is 9.71. The summed E-state index contributed by atoms with van der Waals surface area (Å²) >= 11 is 0. The Hall–Kier alpha value is -0.610. The summed E-state index contributed by atoms with van der Waals surface area (Å²) in [6.07, 6.45) is 8.46. The lowest BCUT2D eigenvalue weighted by molar-refractivity contribution is -0.145. The van der Waals surface area contributed by atoms with Crippen LogP contribution in [-0.4, -0.2) is 47.2 Å². The van der Waals surface area contributed by atoms with Crippen LogP contribution in [0.1, 0.15) is 51.4 Å². The number of piperidine rings is 2. The number of fused-ring (bicyclic) bond motifs is 1. The van der Waals surface area contributed by atoms with Crippen molar-refractivity contribution in [2.75, 3.05) is 19.6 Å². The van der Waals surface area contributed by atoms with Crippen LogP contribution in [0.15, 0.2) is 0 Å². The van der Waals surface area contributed by atoms with Gasteiger partial charge in [0.2, 0.25) is 5.91 Å².